The zero-order chi connectivity index (χ0) is 47.8. The van der Waals surface area contributed by atoms with Crippen molar-refractivity contribution in [2.24, 2.45) is 0 Å². The lowest BCUT2D eigenvalue weighted by atomic mass is 10.0. The van der Waals surface area contributed by atoms with Crippen LogP contribution in [0.2, 0.25) is 0 Å². The average Bonchev–Trinajstić information content (AvgIpc) is 3.26. The molecule has 380 valence electrons. The molecule has 0 heterocycles. The first-order valence-corrected chi connectivity index (χ1v) is 28.6. The van der Waals surface area contributed by atoms with Crippen molar-refractivity contribution in [3.05, 3.63) is 60.8 Å². The first-order valence-electron chi connectivity index (χ1n) is 27.2. The number of nitrogens with one attached hydrogen (secondary N) is 1. The van der Waals surface area contributed by atoms with Gasteiger partial charge in [0.25, 0.3) is 7.82 Å². The van der Waals surface area contributed by atoms with Gasteiger partial charge in [0.05, 0.1) is 39.9 Å². The van der Waals surface area contributed by atoms with E-state index < -0.39 is 26.6 Å². The number of rotatable bonds is 49. The lowest BCUT2D eigenvalue weighted by molar-refractivity contribution is -0.870. The fraction of sp³-hybridized carbons (Fsp3) is 0.804. The average molecular weight is 933 g/mol. The molecular formula is C56H105N2O6P. The Bertz CT molecular complexity index is 1240. The van der Waals surface area contributed by atoms with E-state index in [0.29, 0.717) is 17.4 Å². The fourth-order valence-corrected chi connectivity index (χ4v) is 8.35. The Kier molecular flexibility index (Phi) is 46.0. The molecule has 0 aliphatic rings. The third kappa shape index (κ3) is 49.9. The van der Waals surface area contributed by atoms with E-state index in [0.717, 1.165) is 57.8 Å². The van der Waals surface area contributed by atoms with Crippen LogP contribution >= 0.6 is 7.82 Å². The Morgan fingerprint density at radius 3 is 1.35 bits per heavy atom. The maximum Gasteiger partial charge on any atom is 0.268 e. The molecule has 9 heteroatoms. The van der Waals surface area contributed by atoms with Gasteiger partial charge in [0, 0.05) is 6.42 Å². The molecule has 0 fully saturated rings. The summed E-state index contributed by atoms with van der Waals surface area (Å²) in [5, 5.41) is 13.8. The molecular weight excluding hydrogens is 828 g/mol. The van der Waals surface area contributed by atoms with E-state index in [1.54, 1.807) is 6.08 Å². The van der Waals surface area contributed by atoms with Crippen molar-refractivity contribution >= 4 is 13.7 Å². The van der Waals surface area contributed by atoms with E-state index in [-0.39, 0.29) is 12.5 Å². The van der Waals surface area contributed by atoms with Crippen molar-refractivity contribution in [2.75, 3.05) is 40.9 Å². The SMILES string of the molecule is CCCCCC/C=C/CC/C=C/CC/C=C/C(O)C(COP(=O)([O-])OCC[N+](C)(C)C)NC(=O)CCCCCCCCCCCCCCC/C=C\C/C=C\CCCCCCCCCCC. The maximum atomic E-state index is 12.9. The number of unbranched alkanes of at least 4 members (excludes halogenated alkanes) is 28. The van der Waals surface area contributed by atoms with Crippen molar-refractivity contribution < 1.29 is 32.9 Å². The summed E-state index contributed by atoms with van der Waals surface area (Å²) in [5.41, 5.74) is 0. The van der Waals surface area contributed by atoms with E-state index in [1.165, 1.54) is 161 Å². The highest BCUT2D eigenvalue weighted by Crippen LogP contribution is 2.38. The van der Waals surface area contributed by atoms with Gasteiger partial charge in [-0.05, 0) is 77.0 Å². The smallest absolute Gasteiger partial charge is 0.268 e. The lowest BCUT2D eigenvalue weighted by Crippen LogP contribution is -2.45. The number of phosphoric acid groups is 1. The van der Waals surface area contributed by atoms with Crippen LogP contribution in [0.3, 0.4) is 0 Å². The monoisotopic (exact) mass is 933 g/mol. The molecule has 0 aromatic heterocycles. The van der Waals surface area contributed by atoms with Gasteiger partial charge in [-0.2, -0.15) is 0 Å². The Morgan fingerprint density at radius 2 is 0.908 bits per heavy atom. The highest BCUT2D eigenvalue weighted by Gasteiger charge is 2.23. The zero-order valence-electron chi connectivity index (χ0n) is 43.2. The number of nitrogens with zero attached hydrogens (tertiary/aromatic N) is 1. The number of aliphatic hydroxyl groups excluding tert-OH is 1. The van der Waals surface area contributed by atoms with Gasteiger partial charge in [0.15, 0.2) is 0 Å². The first kappa shape index (κ1) is 63.2. The van der Waals surface area contributed by atoms with E-state index in [1.807, 2.05) is 27.2 Å². The topological polar surface area (TPSA) is 108 Å². The van der Waals surface area contributed by atoms with Crippen LogP contribution in [0.15, 0.2) is 60.8 Å². The maximum absolute atomic E-state index is 12.9. The molecule has 0 rings (SSSR count). The number of hydrogen-bond donors (Lipinski definition) is 2. The Hall–Kier alpha value is -1.80. The number of likely N-dealkylation sites (N-methyl/N-ethyl adjacent to an activating group) is 1. The van der Waals surface area contributed by atoms with E-state index in [4.69, 9.17) is 9.05 Å². The van der Waals surface area contributed by atoms with Gasteiger partial charge in [-0.25, -0.2) is 0 Å². The zero-order valence-corrected chi connectivity index (χ0v) is 44.1. The summed E-state index contributed by atoms with van der Waals surface area (Å²) in [4.78, 5) is 25.4. The van der Waals surface area contributed by atoms with Gasteiger partial charge in [0.2, 0.25) is 5.91 Å². The van der Waals surface area contributed by atoms with E-state index in [9.17, 15) is 19.4 Å². The summed E-state index contributed by atoms with van der Waals surface area (Å²) < 4.78 is 23.2. The molecule has 0 saturated heterocycles. The van der Waals surface area contributed by atoms with Crippen LogP contribution in [0.5, 0.6) is 0 Å². The predicted octanol–water partition coefficient (Wildman–Crippen LogP) is 15.5. The summed E-state index contributed by atoms with van der Waals surface area (Å²) >= 11 is 0. The first-order chi connectivity index (χ1) is 31.5. The third-order valence-electron chi connectivity index (χ3n) is 11.9. The Balaban J connectivity index is 4.18. The van der Waals surface area contributed by atoms with Crippen molar-refractivity contribution in [3.8, 4) is 0 Å². The third-order valence-corrected chi connectivity index (χ3v) is 12.9. The predicted molar refractivity (Wildman–Crippen MR) is 279 cm³/mol. The number of quaternary nitrogens is 1. The van der Waals surface area contributed by atoms with Crippen molar-refractivity contribution in [1.82, 2.24) is 5.32 Å². The van der Waals surface area contributed by atoms with Gasteiger partial charge in [-0.3, -0.25) is 9.36 Å². The van der Waals surface area contributed by atoms with Crippen LogP contribution in [0, 0.1) is 0 Å². The summed E-state index contributed by atoms with van der Waals surface area (Å²) in [6, 6.07) is -0.911. The van der Waals surface area contributed by atoms with Gasteiger partial charge in [0.1, 0.15) is 13.2 Å². The van der Waals surface area contributed by atoms with Crippen LogP contribution < -0.4 is 10.2 Å². The quantitative estimate of drug-likeness (QED) is 0.0272. The molecule has 0 aromatic rings. The molecule has 0 bridgehead atoms. The second-order valence-corrected chi connectivity index (χ2v) is 21.0. The number of phosphoric ester groups is 1. The number of amides is 1. The van der Waals surface area contributed by atoms with Gasteiger partial charge >= 0.3 is 0 Å². The highest BCUT2D eigenvalue weighted by atomic mass is 31.2. The molecule has 0 radical (unpaired) electrons. The molecule has 0 aromatic carbocycles. The second kappa shape index (κ2) is 47.3. The van der Waals surface area contributed by atoms with Crippen LogP contribution in [0.4, 0.5) is 0 Å². The minimum Gasteiger partial charge on any atom is -0.756 e. The molecule has 2 N–H and O–H groups in total. The Labute approximate surface area is 402 Å². The summed E-state index contributed by atoms with van der Waals surface area (Å²) in [6.45, 7) is 4.60. The summed E-state index contributed by atoms with van der Waals surface area (Å²) in [5.74, 6) is -0.213. The molecule has 0 spiro atoms. The number of carbonyl (C=O) groups excluding carboxylic acids is 1. The number of hydrogen-bond acceptors (Lipinski definition) is 6. The lowest BCUT2D eigenvalue weighted by Gasteiger charge is -2.29. The molecule has 0 aliphatic heterocycles. The normalized spacial score (nSPS) is 14.5. The number of allylic oxidation sites excluding steroid dienone is 9. The van der Waals surface area contributed by atoms with Crippen LogP contribution in [0.25, 0.3) is 0 Å². The largest absolute Gasteiger partial charge is 0.756 e. The number of aliphatic hydroxyl groups is 1. The molecule has 3 unspecified atom stereocenters. The van der Waals surface area contributed by atoms with Crippen molar-refractivity contribution in [3.63, 3.8) is 0 Å². The van der Waals surface area contributed by atoms with E-state index in [2.05, 4.69) is 67.8 Å². The molecule has 65 heavy (non-hydrogen) atoms. The van der Waals surface area contributed by atoms with E-state index >= 15 is 0 Å². The standard InChI is InChI=1S/C56H105N2O6P/c1-6-8-10-12-14-16-18-20-22-23-24-25-26-27-28-29-30-31-32-33-34-35-36-38-40-42-44-46-48-50-56(60)57-54(53-64-65(61,62)63-52-51-58(3,4)5)55(59)49-47-45-43-41-39-37-21-19-17-15-13-11-9-7-2/h17,19,24-25,27-28,39,41,47,49,54-55,59H,6-16,18,20-23,26,29-38,40,42-46,48,50-53H2,1-5H3,(H-,57,60,61,62)/b19-17+,25-24-,28-27-,41-39+,49-47+. The minimum atomic E-state index is -4.61. The minimum absolute atomic E-state index is 0.0106. The molecule has 1 amide bonds. The molecule has 8 nitrogen and oxygen atoms in total. The molecule has 0 saturated carbocycles. The van der Waals surface area contributed by atoms with Gasteiger partial charge in [-0.1, -0.05) is 216 Å². The fourth-order valence-electron chi connectivity index (χ4n) is 7.63. The molecule has 0 aliphatic carbocycles. The summed E-state index contributed by atoms with van der Waals surface area (Å²) in [6.07, 6.45) is 63.0. The number of carbonyl (C=O) groups is 1. The van der Waals surface area contributed by atoms with Crippen LogP contribution in [-0.2, 0) is 18.4 Å². The summed E-state index contributed by atoms with van der Waals surface area (Å²) in [7, 11) is 1.23. The van der Waals surface area contributed by atoms with Crippen LogP contribution in [0.1, 0.15) is 239 Å². The van der Waals surface area contributed by atoms with Gasteiger partial charge in [-0.15, -0.1) is 0 Å². The Morgan fingerprint density at radius 1 is 0.538 bits per heavy atom. The van der Waals surface area contributed by atoms with Crippen molar-refractivity contribution in [1.29, 1.82) is 0 Å². The van der Waals surface area contributed by atoms with Crippen LogP contribution in [-0.4, -0.2) is 68.5 Å². The highest BCUT2D eigenvalue weighted by molar-refractivity contribution is 7.45. The molecule has 3 atom stereocenters. The second-order valence-electron chi connectivity index (χ2n) is 19.6. The van der Waals surface area contributed by atoms with Crippen molar-refractivity contribution in [2.45, 2.75) is 251 Å². The van der Waals surface area contributed by atoms with Gasteiger partial charge < -0.3 is 28.8 Å².